The molecule has 2 aromatic rings. The molecule has 0 amide bonds. The second kappa shape index (κ2) is 10.6. The van der Waals surface area contributed by atoms with Gasteiger partial charge in [0.05, 0.1) is 23.8 Å². The molecule has 152 valence electrons. The normalized spacial score (nSPS) is 16.9. The molecule has 1 fully saturated rings. The quantitative estimate of drug-likeness (QED) is 0.639. The molecule has 1 aromatic carbocycles. The van der Waals surface area contributed by atoms with Crippen LogP contribution >= 0.6 is 36.4 Å². The Labute approximate surface area is 177 Å². The van der Waals surface area contributed by atoms with Gasteiger partial charge in [0, 0.05) is 23.8 Å². The molecule has 3 N–H and O–H groups in total. The Balaban J connectivity index is 0.00000182. The number of nitrogens with zero attached hydrogens (tertiary/aromatic N) is 1. The highest BCUT2D eigenvalue weighted by Gasteiger charge is 2.32. The number of aliphatic hydroxyl groups excluding tert-OH is 2. The first-order valence-corrected chi connectivity index (χ1v) is 9.08. The van der Waals surface area contributed by atoms with Gasteiger partial charge in [-0.15, -0.1) is 24.8 Å². The van der Waals surface area contributed by atoms with Gasteiger partial charge < -0.3 is 20.3 Å². The maximum absolute atomic E-state index is 10.9. The first-order valence-electron chi connectivity index (χ1n) is 8.70. The molecule has 0 spiro atoms. The van der Waals surface area contributed by atoms with Gasteiger partial charge in [-0.3, -0.25) is 4.98 Å². The molecule has 8 heteroatoms. The fourth-order valence-corrected chi connectivity index (χ4v) is 3.94. The Morgan fingerprint density at radius 2 is 2.00 bits per heavy atom. The number of rotatable bonds is 6. The average molecular weight is 438 g/mol. The Kier molecular flexibility index (Phi) is 9.55. The van der Waals surface area contributed by atoms with Crippen molar-refractivity contribution in [1.82, 2.24) is 10.3 Å². The fourth-order valence-electron chi connectivity index (χ4n) is 3.67. The zero-order chi connectivity index (χ0) is 17.9. The van der Waals surface area contributed by atoms with Gasteiger partial charge in [-0.2, -0.15) is 0 Å². The van der Waals surface area contributed by atoms with E-state index in [1.807, 2.05) is 18.2 Å². The molecule has 0 radical (unpaired) electrons. The van der Waals surface area contributed by atoms with E-state index in [1.165, 1.54) is 0 Å². The number of hydrogen-bond acceptors (Lipinski definition) is 5. The summed E-state index contributed by atoms with van der Waals surface area (Å²) in [6.07, 6.45) is 4.04. The van der Waals surface area contributed by atoms with Crippen molar-refractivity contribution in [3.63, 3.8) is 0 Å². The van der Waals surface area contributed by atoms with E-state index < -0.39 is 6.10 Å². The zero-order valence-electron chi connectivity index (χ0n) is 15.3. The van der Waals surface area contributed by atoms with Crippen molar-refractivity contribution in [2.75, 3.05) is 26.8 Å². The number of aliphatic hydroxyl groups is 2. The third kappa shape index (κ3) is 5.37. The molecule has 0 aliphatic carbocycles. The average Bonchev–Trinajstić information content (AvgIpc) is 2.66. The molecule has 5 nitrogen and oxygen atoms in total. The minimum atomic E-state index is -0.705. The Morgan fingerprint density at radius 1 is 1.30 bits per heavy atom. The van der Waals surface area contributed by atoms with Gasteiger partial charge in [0.15, 0.2) is 0 Å². The van der Waals surface area contributed by atoms with Crippen molar-refractivity contribution in [2.45, 2.75) is 31.8 Å². The van der Waals surface area contributed by atoms with Crippen LogP contribution in [0.3, 0.4) is 0 Å². The Morgan fingerprint density at radius 3 is 2.63 bits per heavy atom. The lowest BCUT2D eigenvalue weighted by atomic mass is 9.75. The van der Waals surface area contributed by atoms with Gasteiger partial charge in [0.1, 0.15) is 5.75 Å². The fraction of sp³-hybridized carbons (Fsp3) is 0.526. The lowest BCUT2D eigenvalue weighted by Gasteiger charge is -2.36. The summed E-state index contributed by atoms with van der Waals surface area (Å²) in [7, 11) is 1.61. The van der Waals surface area contributed by atoms with Gasteiger partial charge >= 0.3 is 0 Å². The first-order chi connectivity index (χ1) is 12.1. The second-order valence-electron chi connectivity index (χ2n) is 6.87. The number of ether oxygens (including phenoxy) is 1. The number of hydrogen-bond donors (Lipinski definition) is 3. The van der Waals surface area contributed by atoms with E-state index in [0.29, 0.717) is 22.8 Å². The smallest absolute Gasteiger partial charge is 0.119 e. The van der Waals surface area contributed by atoms with E-state index in [4.69, 9.17) is 16.3 Å². The van der Waals surface area contributed by atoms with Crippen LogP contribution in [-0.2, 0) is 0 Å². The molecule has 0 bridgehead atoms. The molecule has 3 rings (SSSR count). The monoisotopic (exact) mass is 436 g/mol. The summed E-state index contributed by atoms with van der Waals surface area (Å²) in [4.78, 5) is 4.33. The highest BCUT2D eigenvalue weighted by molar-refractivity contribution is 6.32. The lowest BCUT2D eigenvalue weighted by Crippen LogP contribution is -2.39. The molecule has 27 heavy (non-hydrogen) atoms. The summed E-state index contributed by atoms with van der Waals surface area (Å²) in [5, 5.41) is 25.3. The predicted molar refractivity (Wildman–Crippen MR) is 114 cm³/mol. The van der Waals surface area contributed by atoms with Crippen LogP contribution in [0.15, 0.2) is 24.4 Å². The van der Waals surface area contributed by atoms with E-state index in [-0.39, 0.29) is 36.8 Å². The molecule has 1 aliphatic rings. The van der Waals surface area contributed by atoms with E-state index in [2.05, 4.69) is 10.3 Å². The molecule has 0 saturated carbocycles. The second-order valence-corrected chi connectivity index (χ2v) is 7.27. The molecular weight excluding hydrogens is 411 g/mol. The number of methoxy groups -OCH3 is 1. The molecule has 2 heterocycles. The van der Waals surface area contributed by atoms with Crippen LogP contribution in [0.5, 0.6) is 5.75 Å². The number of aromatic nitrogens is 1. The van der Waals surface area contributed by atoms with Crippen molar-refractivity contribution in [1.29, 1.82) is 0 Å². The van der Waals surface area contributed by atoms with Crippen molar-refractivity contribution < 1.29 is 14.9 Å². The topological polar surface area (TPSA) is 74.6 Å². The maximum atomic E-state index is 10.9. The standard InChI is InChI=1S/C19H25ClN2O3.2ClH/c1-25-13-2-3-16-14(10-13)18(15(20)11-22-16)17(24)4-5-19(12-23)6-8-21-9-7-19;;/h2-3,10-11,17,21,23-24H,4-9,12H2,1H3;2*1H. The molecule has 1 atom stereocenters. The highest BCUT2D eigenvalue weighted by atomic mass is 35.5. The molecular formula is C19H27Cl3N2O3. The molecule has 1 aromatic heterocycles. The van der Waals surface area contributed by atoms with Crippen molar-refractivity contribution in [2.24, 2.45) is 5.41 Å². The van der Waals surface area contributed by atoms with Crippen LogP contribution in [0, 0.1) is 5.41 Å². The number of halogens is 3. The summed E-state index contributed by atoms with van der Waals surface area (Å²) in [6, 6.07) is 5.57. The largest absolute Gasteiger partial charge is 0.497 e. The number of benzene rings is 1. The number of nitrogens with one attached hydrogen (secondary N) is 1. The van der Waals surface area contributed by atoms with E-state index in [0.717, 1.165) is 43.3 Å². The third-order valence-electron chi connectivity index (χ3n) is 5.35. The number of fused-ring (bicyclic) bond motifs is 1. The first kappa shape index (κ1) is 24.2. The minimum Gasteiger partial charge on any atom is -0.497 e. The van der Waals surface area contributed by atoms with E-state index in [1.54, 1.807) is 13.3 Å². The number of piperidine rings is 1. The van der Waals surface area contributed by atoms with Crippen LogP contribution in [0.2, 0.25) is 5.02 Å². The van der Waals surface area contributed by atoms with Crippen LogP contribution in [-0.4, -0.2) is 42.0 Å². The van der Waals surface area contributed by atoms with Gasteiger partial charge in [0.25, 0.3) is 0 Å². The summed E-state index contributed by atoms with van der Waals surface area (Å²) >= 11 is 6.36. The van der Waals surface area contributed by atoms with Gasteiger partial charge in [-0.25, -0.2) is 0 Å². The summed E-state index contributed by atoms with van der Waals surface area (Å²) in [5.41, 5.74) is 1.35. The Bertz CT molecular complexity index is 739. The van der Waals surface area contributed by atoms with Crippen molar-refractivity contribution >= 4 is 47.3 Å². The molecule has 1 aliphatic heterocycles. The predicted octanol–water partition coefficient (Wildman–Crippen LogP) is 3.92. The number of pyridine rings is 1. The summed E-state index contributed by atoms with van der Waals surface area (Å²) in [6.45, 7) is 1.97. The SMILES string of the molecule is COc1ccc2ncc(Cl)c(C(O)CCC3(CO)CCNCC3)c2c1.Cl.Cl. The third-order valence-corrected chi connectivity index (χ3v) is 5.65. The van der Waals surface area contributed by atoms with Crippen molar-refractivity contribution in [3.8, 4) is 5.75 Å². The lowest BCUT2D eigenvalue weighted by molar-refractivity contribution is 0.0581. The zero-order valence-corrected chi connectivity index (χ0v) is 17.7. The van der Waals surface area contributed by atoms with E-state index >= 15 is 0 Å². The highest BCUT2D eigenvalue weighted by Crippen LogP contribution is 2.39. The van der Waals surface area contributed by atoms with Crippen molar-refractivity contribution in [3.05, 3.63) is 35.0 Å². The van der Waals surface area contributed by atoms with Crippen LogP contribution in [0.4, 0.5) is 0 Å². The van der Waals surface area contributed by atoms with Gasteiger partial charge in [-0.05, 0) is 62.4 Å². The summed E-state index contributed by atoms with van der Waals surface area (Å²) in [5.74, 6) is 0.704. The Hall–Kier alpha value is -0.820. The molecule has 1 saturated heterocycles. The van der Waals surface area contributed by atoms with Gasteiger partial charge in [-0.1, -0.05) is 11.6 Å². The van der Waals surface area contributed by atoms with Crippen LogP contribution in [0.1, 0.15) is 37.4 Å². The maximum Gasteiger partial charge on any atom is 0.119 e. The molecule has 1 unspecified atom stereocenters. The van der Waals surface area contributed by atoms with Crippen LogP contribution in [0.25, 0.3) is 10.9 Å². The van der Waals surface area contributed by atoms with Gasteiger partial charge in [0.2, 0.25) is 0 Å². The minimum absolute atomic E-state index is 0. The van der Waals surface area contributed by atoms with Crippen LogP contribution < -0.4 is 10.1 Å². The summed E-state index contributed by atoms with van der Waals surface area (Å²) < 4.78 is 5.29. The van der Waals surface area contributed by atoms with E-state index in [9.17, 15) is 10.2 Å².